The molecule has 2 aromatic heterocycles. The Morgan fingerprint density at radius 1 is 1.36 bits per heavy atom. The highest BCUT2D eigenvalue weighted by atomic mass is 16.5. The van der Waals surface area contributed by atoms with Crippen LogP contribution in [-0.2, 0) is 13.6 Å². The molecule has 7 nitrogen and oxygen atoms in total. The van der Waals surface area contributed by atoms with E-state index in [1.807, 2.05) is 20.0 Å². The van der Waals surface area contributed by atoms with Gasteiger partial charge in [0.25, 0.3) is 5.91 Å². The largest absolute Gasteiger partial charge is 0.361 e. The number of piperidine rings is 1. The van der Waals surface area contributed by atoms with Gasteiger partial charge in [0.05, 0.1) is 5.69 Å². The monoisotopic (exact) mass is 343 g/mol. The van der Waals surface area contributed by atoms with Crippen LogP contribution >= 0.6 is 0 Å². The average Bonchev–Trinajstić information content (AvgIpc) is 3.25. The molecule has 1 amide bonds. The summed E-state index contributed by atoms with van der Waals surface area (Å²) >= 11 is 0. The number of carbonyl (C=O) groups excluding carboxylic acids is 1. The highest BCUT2D eigenvalue weighted by Gasteiger charge is 2.29. The van der Waals surface area contributed by atoms with Gasteiger partial charge in [0.2, 0.25) is 0 Å². The summed E-state index contributed by atoms with van der Waals surface area (Å²) in [5, 5.41) is 11.6. The number of carbonyl (C=O) groups is 1. The molecule has 1 aliphatic carbocycles. The molecule has 3 heterocycles. The first-order chi connectivity index (χ1) is 12.1. The minimum absolute atomic E-state index is 0.0898. The van der Waals surface area contributed by atoms with Crippen LogP contribution in [-0.4, -0.2) is 44.9 Å². The third kappa shape index (κ3) is 3.76. The number of aryl methyl sites for hydroxylation is 2. The Kier molecular flexibility index (Phi) is 4.33. The van der Waals surface area contributed by atoms with Crippen molar-refractivity contribution in [1.82, 2.24) is 25.2 Å². The molecule has 1 saturated carbocycles. The molecule has 1 saturated heterocycles. The van der Waals surface area contributed by atoms with Gasteiger partial charge in [-0.1, -0.05) is 5.16 Å². The Hall–Kier alpha value is -2.15. The number of nitrogens with zero attached hydrogens (tertiary/aromatic N) is 4. The zero-order valence-electron chi connectivity index (χ0n) is 14.9. The van der Waals surface area contributed by atoms with Crippen molar-refractivity contribution < 1.29 is 9.32 Å². The van der Waals surface area contributed by atoms with Crippen LogP contribution in [0.1, 0.15) is 59.2 Å². The van der Waals surface area contributed by atoms with E-state index in [0.29, 0.717) is 11.6 Å². The van der Waals surface area contributed by atoms with E-state index in [-0.39, 0.29) is 11.9 Å². The van der Waals surface area contributed by atoms with Crippen molar-refractivity contribution in [2.24, 2.45) is 7.05 Å². The van der Waals surface area contributed by atoms with E-state index in [1.54, 1.807) is 4.68 Å². The molecule has 1 unspecified atom stereocenters. The van der Waals surface area contributed by atoms with Gasteiger partial charge in [-0.3, -0.25) is 14.4 Å². The summed E-state index contributed by atoms with van der Waals surface area (Å²) < 4.78 is 7.16. The molecule has 4 rings (SSSR count). The Morgan fingerprint density at radius 3 is 2.92 bits per heavy atom. The lowest BCUT2D eigenvalue weighted by Gasteiger charge is -2.32. The van der Waals surface area contributed by atoms with Crippen LogP contribution in [0.4, 0.5) is 0 Å². The SMILES string of the molecule is Cc1cc(C(=O)NC2CCCN(Cc3cc(C4CC4)on3)C2)nn1C. The first-order valence-electron chi connectivity index (χ1n) is 9.08. The van der Waals surface area contributed by atoms with Gasteiger partial charge in [-0.05, 0) is 45.2 Å². The van der Waals surface area contributed by atoms with Crippen LogP contribution in [0.5, 0.6) is 0 Å². The van der Waals surface area contributed by atoms with Crippen molar-refractivity contribution in [1.29, 1.82) is 0 Å². The van der Waals surface area contributed by atoms with E-state index >= 15 is 0 Å². The van der Waals surface area contributed by atoms with Crippen LogP contribution in [0.3, 0.4) is 0 Å². The van der Waals surface area contributed by atoms with E-state index in [4.69, 9.17) is 4.52 Å². The van der Waals surface area contributed by atoms with Gasteiger partial charge in [-0.15, -0.1) is 0 Å². The molecule has 25 heavy (non-hydrogen) atoms. The molecule has 0 spiro atoms. The molecular formula is C18H25N5O2. The first kappa shape index (κ1) is 16.3. The normalized spacial score (nSPS) is 21.4. The predicted molar refractivity (Wildman–Crippen MR) is 92.2 cm³/mol. The molecule has 1 atom stereocenters. The summed E-state index contributed by atoms with van der Waals surface area (Å²) in [6.45, 7) is 4.59. The maximum Gasteiger partial charge on any atom is 0.272 e. The lowest BCUT2D eigenvalue weighted by molar-refractivity contribution is 0.0894. The molecular weight excluding hydrogens is 318 g/mol. The Bertz CT molecular complexity index is 742. The lowest BCUT2D eigenvalue weighted by atomic mass is 10.1. The number of likely N-dealkylation sites (tertiary alicyclic amines) is 1. The van der Waals surface area contributed by atoms with Crippen LogP contribution in [0.25, 0.3) is 0 Å². The molecule has 0 bridgehead atoms. The molecule has 1 aliphatic heterocycles. The maximum atomic E-state index is 12.4. The number of rotatable bonds is 5. The quantitative estimate of drug-likeness (QED) is 0.898. The van der Waals surface area contributed by atoms with Gasteiger partial charge in [0.1, 0.15) is 11.5 Å². The maximum absolute atomic E-state index is 12.4. The van der Waals surface area contributed by atoms with E-state index in [1.165, 1.54) is 12.8 Å². The van der Waals surface area contributed by atoms with Crippen LogP contribution in [0, 0.1) is 6.92 Å². The zero-order chi connectivity index (χ0) is 17.4. The molecule has 2 aromatic rings. The molecule has 2 aliphatic rings. The summed E-state index contributed by atoms with van der Waals surface area (Å²) in [4.78, 5) is 14.7. The third-order valence-electron chi connectivity index (χ3n) is 5.13. The fraction of sp³-hybridized carbons (Fsp3) is 0.611. The predicted octanol–water partition coefficient (Wildman–Crippen LogP) is 1.99. The first-order valence-corrected chi connectivity index (χ1v) is 9.08. The van der Waals surface area contributed by atoms with Gasteiger partial charge < -0.3 is 9.84 Å². The van der Waals surface area contributed by atoms with Crippen LogP contribution in [0.15, 0.2) is 16.7 Å². The number of hydrogen-bond donors (Lipinski definition) is 1. The fourth-order valence-corrected chi connectivity index (χ4v) is 3.44. The van der Waals surface area contributed by atoms with E-state index in [0.717, 1.165) is 49.6 Å². The van der Waals surface area contributed by atoms with Gasteiger partial charge in [-0.2, -0.15) is 5.10 Å². The summed E-state index contributed by atoms with van der Waals surface area (Å²) in [6.07, 6.45) is 4.51. The van der Waals surface area contributed by atoms with Gasteiger partial charge in [0, 0.05) is 43.9 Å². The smallest absolute Gasteiger partial charge is 0.272 e. The summed E-state index contributed by atoms with van der Waals surface area (Å²) in [6, 6.07) is 4.07. The zero-order valence-corrected chi connectivity index (χ0v) is 14.9. The second-order valence-corrected chi connectivity index (χ2v) is 7.34. The second kappa shape index (κ2) is 6.63. The molecule has 0 aromatic carbocycles. The van der Waals surface area contributed by atoms with Crippen molar-refractivity contribution >= 4 is 5.91 Å². The highest BCUT2D eigenvalue weighted by Crippen LogP contribution is 2.40. The second-order valence-electron chi connectivity index (χ2n) is 7.34. The van der Waals surface area contributed by atoms with Crippen molar-refractivity contribution in [3.63, 3.8) is 0 Å². The molecule has 1 N–H and O–H groups in total. The van der Waals surface area contributed by atoms with E-state index in [2.05, 4.69) is 26.5 Å². The van der Waals surface area contributed by atoms with Gasteiger partial charge >= 0.3 is 0 Å². The summed E-state index contributed by atoms with van der Waals surface area (Å²) in [5.41, 5.74) is 2.46. The minimum Gasteiger partial charge on any atom is -0.361 e. The van der Waals surface area contributed by atoms with Crippen molar-refractivity contribution in [2.75, 3.05) is 13.1 Å². The fourth-order valence-electron chi connectivity index (χ4n) is 3.44. The number of hydrogen-bond acceptors (Lipinski definition) is 5. The standard InChI is InChI=1S/C18H25N5O2/c1-12-8-16(20-22(12)2)18(24)19-14-4-3-7-23(10-14)11-15-9-17(25-21-15)13-5-6-13/h8-9,13-14H,3-7,10-11H2,1-2H3,(H,19,24). The Labute approximate surface area is 147 Å². The van der Waals surface area contributed by atoms with Crippen molar-refractivity contribution in [2.45, 2.75) is 51.1 Å². The van der Waals surface area contributed by atoms with Gasteiger partial charge in [-0.25, -0.2) is 0 Å². The molecule has 134 valence electrons. The number of nitrogens with one attached hydrogen (secondary N) is 1. The highest BCUT2D eigenvalue weighted by molar-refractivity contribution is 5.92. The molecule has 7 heteroatoms. The minimum atomic E-state index is -0.0898. The summed E-state index contributed by atoms with van der Waals surface area (Å²) in [7, 11) is 1.85. The average molecular weight is 343 g/mol. The Morgan fingerprint density at radius 2 is 2.20 bits per heavy atom. The lowest BCUT2D eigenvalue weighted by Crippen LogP contribution is -2.47. The van der Waals surface area contributed by atoms with Crippen LogP contribution < -0.4 is 5.32 Å². The number of amides is 1. The van der Waals surface area contributed by atoms with E-state index < -0.39 is 0 Å². The molecule has 2 fully saturated rings. The number of aromatic nitrogens is 3. The van der Waals surface area contributed by atoms with Gasteiger partial charge in [0.15, 0.2) is 0 Å². The Balaban J connectivity index is 1.33. The van der Waals surface area contributed by atoms with Crippen molar-refractivity contribution in [3.8, 4) is 0 Å². The third-order valence-corrected chi connectivity index (χ3v) is 5.13. The van der Waals surface area contributed by atoms with Crippen LogP contribution in [0.2, 0.25) is 0 Å². The summed E-state index contributed by atoms with van der Waals surface area (Å²) in [5.74, 6) is 1.53. The van der Waals surface area contributed by atoms with E-state index in [9.17, 15) is 4.79 Å². The molecule has 0 radical (unpaired) electrons. The topological polar surface area (TPSA) is 76.2 Å². The van der Waals surface area contributed by atoms with Crippen molar-refractivity contribution in [3.05, 3.63) is 35.0 Å².